The molecule has 1 amide bonds. The van der Waals surface area contributed by atoms with Crippen LogP contribution in [-0.2, 0) is 16.4 Å². The van der Waals surface area contributed by atoms with E-state index >= 15 is 0 Å². The lowest BCUT2D eigenvalue weighted by Gasteiger charge is -2.17. The van der Waals surface area contributed by atoms with Gasteiger partial charge in [0.05, 0.1) is 23.1 Å². The van der Waals surface area contributed by atoms with Gasteiger partial charge in [-0.3, -0.25) is 4.79 Å². The van der Waals surface area contributed by atoms with E-state index in [-0.39, 0.29) is 23.7 Å². The van der Waals surface area contributed by atoms with Gasteiger partial charge in [0, 0.05) is 23.9 Å². The van der Waals surface area contributed by atoms with Gasteiger partial charge in [-0.25, -0.2) is 22.3 Å². The minimum atomic E-state index is -3.18. The van der Waals surface area contributed by atoms with Crippen LogP contribution < -0.4 is 5.32 Å². The molecule has 1 aromatic heterocycles. The molecule has 11 heteroatoms. The Morgan fingerprint density at radius 3 is 2.53 bits per heavy atom. The number of carboxylic acids is 1. The van der Waals surface area contributed by atoms with Gasteiger partial charge < -0.3 is 10.4 Å². The van der Waals surface area contributed by atoms with Crippen LogP contribution in [0, 0.1) is 5.82 Å². The Labute approximate surface area is 195 Å². The summed E-state index contributed by atoms with van der Waals surface area (Å²) in [7, 11) is -3.18. The molecule has 3 aromatic rings. The Balaban J connectivity index is 1.42. The first kappa shape index (κ1) is 23.6. The summed E-state index contributed by atoms with van der Waals surface area (Å²) in [6.45, 7) is 0.156. The first-order valence-electron chi connectivity index (χ1n) is 10.6. The van der Waals surface area contributed by atoms with E-state index in [1.807, 2.05) is 12.1 Å². The van der Waals surface area contributed by atoms with E-state index in [9.17, 15) is 22.4 Å². The predicted molar refractivity (Wildman–Crippen MR) is 122 cm³/mol. The lowest BCUT2D eigenvalue weighted by molar-refractivity contribution is 0.0696. The minimum absolute atomic E-state index is 0.0788. The molecule has 2 N–H and O–H groups in total. The number of sulfone groups is 1. The zero-order valence-electron chi connectivity index (χ0n) is 18.3. The van der Waals surface area contributed by atoms with Gasteiger partial charge in [0.15, 0.2) is 9.84 Å². The van der Waals surface area contributed by atoms with E-state index in [0.29, 0.717) is 12.1 Å². The second-order valence-corrected chi connectivity index (χ2v) is 10.6. The zero-order chi connectivity index (χ0) is 24.5. The third kappa shape index (κ3) is 5.14. The maximum atomic E-state index is 13.6. The largest absolute Gasteiger partial charge is 0.478 e. The molecule has 0 saturated heterocycles. The molecule has 2 atom stereocenters. The van der Waals surface area contributed by atoms with Crippen molar-refractivity contribution in [3.8, 4) is 11.3 Å². The van der Waals surface area contributed by atoms with Crippen molar-refractivity contribution in [2.75, 3.05) is 6.26 Å². The Hall–Kier alpha value is -3.60. The van der Waals surface area contributed by atoms with Crippen LogP contribution in [0.1, 0.15) is 51.6 Å². The fraction of sp³-hybridized carbons (Fsp3) is 0.304. The molecule has 34 heavy (non-hydrogen) atoms. The molecule has 9 nitrogen and oxygen atoms in total. The van der Waals surface area contributed by atoms with Gasteiger partial charge in [0.2, 0.25) is 0 Å². The fourth-order valence-electron chi connectivity index (χ4n) is 4.20. The highest BCUT2D eigenvalue weighted by Crippen LogP contribution is 2.34. The van der Waals surface area contributed by atoms with Gasteiger partial charge in [-0.05, 0) is 43.0 Å². The Morgan fingerprint density at radius 1 is 1.15 bits per heavy atom. The Morgan fingerprint density at radius 2 is 1.85 bits per heavy atom. The summed E-state index contributed by atoms with van der Waals surface area (Å²) >= 11 is 0. The number of nitrogens with one attached hydrogen (secondary N) is 1. The van der Waals surface area contributed by atoms with Crippen molar-refractivity contribution in [3.63, 3.8) is 0 Å². The van der Waals surface area contributed by atoms with Gasteiger partial charge >= 0.3 is 5.97 Å². The molecular weight excluding hydrogens is 463 g/mol. The lowest BCUT2D eigenvalue weighted by atomic mass is 10.1. The van der Waals surface area contributed by atoms with E-state index in [4.69, 9.17) is 5.11 Å². The van der Waals surface area contributed by atoms with Crippen LogP contribution in [-0.4, -0.2) is 51.9 Å². The number of nitrogens with zero attached hydrogens (tertiary/aromatic N) is 3. The highest BCUT2D eigenvalue weighted by Gasteiger charge is 2.36. The number of amides is 1. The number of carbonyl (C=O) groups is 2. The molecule has 1 aliphatic rings. The molecule has 1 fully saturated rings. The van der Waals surface area contributed by atoms with E-state index in [0.717, 1.165) is 42.2 Å². The van der Waals surface area contributed by atoms with Crippen molar-refractivity contribution in [3.05, 3.63) is 71.2 Å². The molecule has 1 aliphatic carbocycles. The number of benzene rings is 2. The predicted octanol–water partition coefficient (Wildman–Crippen LogP) is 2.85. The normalized spacial score (nSPS) is 18.1. The topological polar surface area (TPSA) is 131 Å². The molecule has 1 heterocycles. The van der Waals surface area contributed by atoms with E-state index < -0.39 is 32.8 Å². The average Bonchev–Trinajstić information content (AvgIpc) is 3.47. The molecule has 0 unspecified atom stereocenters. The molecular formula is C23H23FN4O5S. The molecule has 178 valence electrons. The van der Waals surface area contributed by atoms with Crippen LogP contribution in [0.4, 0.5) is 4.39 Å². The quantitative estimate of drug-likeness (QED) is 0.525. The summed E-state index contributed by atoms with van der Waals surface area (Å²) in [5.74, 6) is -2.71. The second kappa shape index (κ2) is 9.34. The van der Waals surface area contributed by atoms with Crippen LogP contribution in [0.25, 0.3) is 11.3 Å². The number of hydrogen-bond acceptors (Lipinski definition) is 6. The van der Waals surface area contributed by atoms with Crippen LogP contribution in [0.5, 0.6) is 0 Å². The van der Waals surface area contributed by atoms with Gasteiger partial charge in [0.25, 0.3) is 5.91 Å². The van der Waals surface area contributed by atoms with Crippen molar-refractivity contribution < 1.29 is 27.5 Å². The van der Waals surface area contributed by atoms with Gasteiger partial charge in [0.1, 0.15) is 11.5 Å². The van der Waals surface area contributed by atoms with E-state index in [1.165, 1.54) is 6.26 Å². The number of aromatic nitrogens is 3. The number of halogens is 1. The standard InChI is InChI=1S/C23H23FN4O5S/c1-34(32,33)21-4-2-3-20(21)28-13-19(26-27-28)15-7-5-14(6-8-15)12-25-22(29)16-9-17(23(30)31)11-18(24)10-16/h5-11,13,20-21H,2-4,12H2,1H3,(H,25,29)(H,30,31)/t20-,21-/m1/s1. The van der Waals surface area contributed by atoms with Crippen LogP contribution in [0.2, 0.25) is 0 Å². The highest BCUT2D eigenvalue weighted by molar-refractivity contribution is 7.91. The lowest BCUT2D eigenvalue weighted by Crippen LogP contribution is -2.27. The van der Waals surface area contributed by atoms with E-state index in [2.05, 4.69) is 15.6 Å². The molecule has 0 radical (unpaired) electrons. The molecule has 0 aliphatic heterocycles. The van der Waals surface area contributed by atoms with Crippen molar-refractivity contribution in [1.29, 1.82) is 0 Å². The summed E-state index contributed by atoms with van der Waals surface area (Å²) in [6.07, 6.45) is 5.18. The summed E-state index contributed by atoms with van der Waals surface area (Å²) in [5.41, 5.74) is 1.78. The smallest absolute Gasteiger partial charge is 0.335 e. The van der Waals surface area contributed by atoms with Crippen molar-refractivity contribution in [2.45, 2.75) is 37.1 Å². The first-order chi connectivity index (χ1) is 16.1. The number of hydrogen-bond donors (Lipinski definition) is 2. The first-order valence-corrected chi connectivity index (χ1v) is 12.6. The number of carbonyl (C=O) groups excluding carboxylic acids is 1. The molecule has 0 spiro atoms. The van der Waals surface area contributed by atoms with E-state index in [1.54, 1.807) is 23.0 Å². The minimum Gasteiger partial charge on any atom is -0.478 e. The van der Waals surface area contributed by atoms with Crippen molar-refractivity contribution >= 4 is 21.7 Å². The summed E-state index contributed by atoms with van der Waals surface area (Å²) in [4.78, 5) is 23.4. The Kier molecular flexibility index (Phi) is 6.47. The second-order valence-electron chi connectivity index (χ2n) is 8.36. The number of carboxylic acid groups (broad SMARTS) is 1. The zero-order valence-corrected chi connectivity index (χ0v) is 19.1. The van der Waals surface area contributed by atoms with Gasteiger partial charge in [-0.2, -0.15) is 0 Å². The van der Waals surface area contributed by atoms with Crippen molar-refractivity contribution in [1.82, 2.24) is 20.3 Å². The third-order valence-corrected chi connectivity index (χ3v) is 7.58. The molecule has 4 rings (SSSR count). The van der Waals surface area contributed by atoms with Gasteiger partial charge in [-0.15, -0.1) is 5.10 Å². The molecule has 1 saturated carbocycles. The van der Waals surface area contributed by atoms with Gasteiger partial charge in [-0.1, -0.05) is 29.5 Å². The average molecular weight is 487 g/mol. The Bertz CT molecular complexity index is 1340. The van der Waals surface area contributed by atoms with Crippen LogP contribution in [0.3, 0.4) is 0 Å². The molecule has 0 bridgehead atoms. The van der Waals surface area contributed by atoms with Crippen molar-refractivity contribution in [2.24, 2.45) is 0 Å². The number of aromatic carboxylic acids is 1. The summed E-state index contributed by atoms with van der Waals surface area (Å²) < 4.78 is 39.4. The highest BCUT2D eigenvalue weighted by atomic mass is 32.2. The maximum absolute atomic E-state index is 13.6. The number of rotatable bonds is 7. The maximum Gasteiger partial charge on any atom is 0.335 e. The van der Waals surface area contributed by atoms with Crippen LogP contribution in [0.15, 0.2) is 48.7 Å². The fourth-order valence-corrected chi connectivity index (χ4v) is 5.63. The molecule has 2 aromatic carbocycles. The monoisotopic (exact) mass is 486 g/mol. The summed E-state index contributed by atoms with van der Waals surface area (Å²) in [5, 5.41) is 19.5. The summed E-state index contributed by atoms with van der Waals surface area (Å²) in [6, 6.07) is 9.92. The van der Waals surface area contributed by atoms with Crippen LogP contribution >= 0.6 is 0 Å². The third-order valence-electron chi connectivity index (χ3n) is 5.93. The SMILES string of the molecule is CS(=O)(=O)[C@@H]1CCC[C@H]1n1cc(-c2ccc(CNC(=O)c3cc(F)cc(C(=O)O)c3)cc2)nn1.